The highest BCUT2D eigenvalue weighted by Crippen LogP contribution is 2.22. The van der Waals surface area contributed by atoms with Crippen molar-refractivity contribution in [2.75, 3.05) is 5.32 Å². The van der Waals surface area contributed by atoms with Crippen molar-refractivity contribution in [3.63, 3.8) is 0 Å². The number of nitrogens with zero attached hydrogens (tertiary/aromatic N) is 2. The molecule has 0 saturated heterocycles. The Balaban J connectivity index is 1.50. The summed E-state index contributed by atoms with van der Waals surface area (Å²) in [5.41, 5.74) is 0.739. The smallest absolute Gasteiger partial charge is 0.237 e. The van der Waals surface area contributed by atoms with Crippen molar-refractivity contribution in [3.8, 4) is 5.75 Å². The number of ether oxygens (including phenoxy) is 1. The van der Waals surface area contributed by atoms with Gasteiger partial charge in [-0.05, 0) is 55.5 Å². The molecule has 0 aliphatic carbocycles. The van der Waals surface area contributed by atoms with E-state index in [1.807, 2.05) is 24.3 Å². The summed E-state index contributed by atoms with van der Waals surface area (Å²) in [6, 6.07) is 14.5. The Bertz CT molecular complexity index is 902. The summed E-state index contributed by atoms with van der Waals surface area (Å²) in [4.78, 5) is 16.6. The third-order valence-corrected chi connectivity index (χ3v) is 5.21. The van der Waals surface area contributed by atoms with E-state index in [0.29, 0.717) is 21.8 Å². The highest BCUT2D eigenvalue weighted by Gasteiger charge is 2.17. The monoisotopic (exact) mass is 466 g/mol. The van der Waals surface area contributed by atoms with Gasteiger partial charge in [-0.1, -0.05) is 39.3 Å². The summed E-state index contributed by atoms with van der Waals surface area (Å²) in [6.07, 6.45) is 0. The van der Waals surface area contributed by atoms with Gasteiger partial charge in [0.2, 0.25) is 11.1 Å². The molecule has 0 spiro atoms. The molecule has 3 aromatic rings. The minimum absolute atomic E-state index is 0.119. The van der Waals surface area contributed by atoms with Crippen LogP contribution in [0.15, 0.2) is 58.2 Å². The molecular formula is C18H16BrClN4O2S. The van der Waals surface area contributed by atoms with Crippen LogP contribution in [0, 0.1) is 0 Å². The Labute approximate surface area is 174 Å². The second-order valence-corrected chi connectivity index (χ2v) is 8.22. The molecule has 2 aromatic carbocycles. The highest BCUT2D eigenvalue weighted by atomic mass is 79.9. The molecule has 1 heterocycles. The van der Waals surface area contributed by atoms with Gasteiger partial charge in [-0.3, -0.25) is 9.89 Å². The van der Waals surface area contributed by atoms with Gasteiger partial charge in [-0.15, -0.1) is 5.10 Å². The number of aromatic amines is 1. The van der Waals surface area contributed by atoms with Crippen molar-refractivity contribution in [2.45, 2.75) is 23.9 Å². The number of hydrogen-bond acceptors (Lipinski definition) is 5. The summed E-state index contributed by atoms with van der Waals surface area (Å²) in [7, 11) is 0. The number of hydrogen-bond donors (Lipinski definition) is 2. The standard InChI is InChI=1S/C18H16BrClN4O2S/c1-11(17(25)21-14-6-2-12(19)3-7-14)27-18-22-16(23-24-18)10-26-15-8-4-13(20)5-9-15/h2-9,11H,10H2,1H3,(H,21,25)(H,22,23,24). The second-order valence-electron chi connectivity index (χ2n) is 5.56. The van der Waals surface area contributed by atoms with Crippen molar-refractivity contribution in [2.24, 2.45) is 0 Å². The molecule has 0 bridgehead atoms. The number of nitrogens with one attached hydrogen (secondary N) is 2. The van der Waals surface area contributed by atoms with Gasteiger partial charge < -0.3 is 10.1 Å². The third kappa shape index (κ3) is 5.98. The number of amides is 1. The summed E-state index contributed by atoms with van der Waals surface area (Å²) in [5.74, 6) is 1.14. The normalized spacial score (nSPS) is 11.8. The van der Waals surface area contributed by atoms with Crippen LogP contribution in [0.2, 0.25) is 5.02 Å². The van der Waals surface area contributed by atoms with E-state index in [0.717, 1.165) is 10.2 Å². The van der Waals surface area contributed by atoms with Crippen molar-refractivity contribution in [3.05, 3.63) is 63.9 Å². The number of anilines is 1. The number of H-pyrrole nitrogens is 1. The Morgan fingerprint density at radius 2 is 1.96 bits per heavy atom. The number of thioether (sulfide) groups is 1. The molecular weight excluding hydrogens is 452 g/mol. The predicted octanol–water partition coefficient (Wildman–Crippen LogP) is 4.92. The maximum Gasteiger partial charge on any atom is 0.237 e. The van der Waals surface area contributed by atoms with E-state index in [1.54, 1.807) is 31.2 Å². The summed E-state index contributed by atoms with van der Waals surface area (Å²) >= 11 is 10.5. The lowest BCUT2D eigenvalue weighted by atomic mass is 10.3. The van der Waals surface area contributed by atoms with Crippen LogP contribution >= 0.6 is 39.3 Å². The predicted molar refractivity (Wildman–Crippen MR) is 110 cm³/mol. The Hall–Kier alpha value is -2.03. The van der Waals surface area contributed by atoms with E-state index >= 15 is 0 Å². The lowest BCUT2D eigenvalue weighted by molar-refractivity contribution is -0.115. The maximum absolute atomic E-state index is 12.3. The van der Waals surface area contributed by atoms with E-state index in [9.17, 15) is 4.79 Å². The minimum Gasteiger partial charge on any atom is -0.486 e. The van der Waals surface area contributed by atoms with Gasteiger partial charge in [0.15, 0.2) is 5.82 Å². The fourth-order valence-electron chi connectivity index (χ4n) is 2.07. The lowest BCUT2D eigenvalue weighted by Gasteiger charge is -2.10. The molecule has 140 valence electrons. The highest BCUT2D eigenvalue weighted by molar-refractivity contribution is 9.10. The van der Waals surface area contributed by atoms with Crippen molar-refractivity contribution < 1.29 is 9.53 Å². The first-order chi connectivity index (χ1) is 13.0. The number of rotatable bonds is 7. The molecule has 1 unspecified atom stereocenters. The third-order valence-electron chi connectivity index (χ3n) is 3.46. The fraction of sp³-hybridized carbons (Fsp3) is 0.167. The van der Waals surface area contributed by atoms with E-state index < -0.39 is 0 Å². The molecule has 0 aliphatic heterocycles. The van der Waals surface area contributed by atoms with E-state index in [1.165, 1.54) is 11.8 Å². The molecule has 9 heteroatoms. The van der Waals surface area contributed by atoms with Crippen molar-refractivity contribution in [1.29, 1.82) is 0 Å². The molecule has 27 heavy (non-hydrogen) atoms. The zero-order valence-electron chi connectivity index (χ0n) is 14.3. The molecule has 1 atom stereocenters. The van der Waals surface area contributed by atoms with Crippen LogP contribution in [0.1, 0.15) is 12.7 Å². The van der Waals surface area contributed by atoms with Crippen LogP contribution in [0.25, 0.3) is 0 Å². The summed E-state index contributed by atoms with van der Waals surface area (Å²) in [6.45, 7) is 2.05. The number of carbonyl (C=O) groups excluding carboxylic acids is 1. The molecule has 6 nitrogen and oxygen atoms in total. The number of aromatic nitrogens is 3. The second kappa shape index (κ2) is 9.25. The summed E-state index contributed by atoms with van der Waals surface area (Å²) in [5, 5.41) is 10.6. The van der Waals surface area contributed by atoms with Crippen molar-refractivity contribution in [1.82, 2.24) is 15.2 Å². The van der Waals surface area contributed by atoms with Gasteiger partial charge in [0, 0.05) is 15.2 Å². The van der Waals surface area contributed by atoms with Crippen LogP contribution in [0.3, 0.4) is 0 Å². The largest absolute Gasteiger partial charge is 0.486 e. The molecule has 2 N–H and O–H groups in total. The minimum atomic E-state index is -0.352. The molecule has 1 amide bonds. The maximum atomic E-state index is 12.3. The van der Waals surface area contributed by atoms with Gasteiger partial charge >= 0.3 is 0 Å². The Morgan fingerprint density at radius 1 is 1.26 bits per heavy atom. The van der Waals surface area contributed by atoms with Crippen molar-refractivity contribution >= 4 is 50.9 Å². The van der Waals surface area contributed by atoms with Crippen LogP contribution in [-0.2, 0) is 11.4 Å². The zero-order chi connectivity index (χ0) is 19.2. The van der Waals surface area contributed by atoms with Crippen LogP contribution in [-0.4, -0.2) is 26.3 Å². The van der Waals surface area contributed by atoms with E-state index in [4.69, 9.17) is 16.3 Å². The lowest BCUT2D eigenvalue weighted by Crippen LogP contribution is -2.22. The van der Waals surface area contributed by atoms with E-state index in [2.05, 4.69) is 36.4 Å². The van der Waals surface area contributed by atoms with Crippen LogP contribution in [0.4, 0.5) is 5.69 Å². The molecule has 3 rings (SSSR count). The average Bonchev–Trinajstić information content (AvgIpc) is 3.10. The number of benzene rings is 2. The fourth-order valence-corrected chi connectivity index (χ4v) is 3.20. The first kappa shape index (κ1) is 19.7. The molecule has 0 radical (unpaired) electrons. The van der Waals surface area contributed by atoms with Gasteiger partial charge in [0.05, 0.1) is 5.25 Å². The number of carbonyl (C=O) groups is 1. The van der Waals surface area contributed by atoms with Gasteiger partial charge in [0.1, 0.15) is 12.4 Å². The number of halogens is 2. The van der Waals surface area contributed by atoms with Gasteiger partial charge in [0.25, 0.3) is 0 Å². The topological polar surface area (TPSA) is 79.9 Å². The molecule has 0 fully saturated rings. The Morgan fingerprint density at radius 3 is 2.67 bits per heavy atom. The quantitative estimate of drug-likeness (QED) is 0.482. The molecule has 0 saturated carbocycles. The zero-order valence-corrected chi connectivity index (χ0v) is 17.4. The summed E-state index contributed by atoms with van der Waals surface area (Å²) < 4.78 is 6.57. The first-order valence-electron chi connectivity index (χ1n) is 8.02. The molecule has 0 aliphatic rings. The first-order valence-corrected chi connectivity index (χ1v) is 10.1. The average molecular weight is 468 g/mol. The van der Waals surface area contributed by atoms with Crippen LogP contribution in [0.5, 0.6) is 5.75 Å². The SMILES string of the molecule is CC(Sc1n[nH]c(COc2ccc(Cl)cc2)n1)C(=O)Nc1ccc(Br)cc1. The Kier molecular flexibility index (Phi) is 6.76. The van der Waals surface area contributed by atoms with Gasteiger partial charge in [-0.25, -0.2) is 4.98 Å². The van der Waals surface area contributed by atoms with E-state index in [-0.39, 0.29) is 17.8 Å². The van der Waals surface area contributed by atoms with Crippen LogP contribution < -0.4 is 10.1 Å². The van der Waals surface area contributed by atoms with Gasteiger partial charge in [-0.2, -0.15) is 0 Å². The molecule has 1 aromatic heterocycles.